The summed E-state index contributed by atoms with van der Waals surface area (Å²) in [5.41, 5.74) is 2.63. The van der Waals surface area contributed by atoms with Gasteiger partial charge >= 0.3 is 0 Å². The number of hydrogen-bond acceptors (Lipinski definition) is 3. The van der Waals surface area contributed by atoms with Crippen molar-refractivity contribution in [2.75, 3.05) is 19.6 Å². The molecular weight excluding hydrogens is 130 g/mol. The van der Waals surface area contributed by atoms with Gasteiger partial charge in [0.15, 0.2) is 0 Å². The number of nitrogens with zero attached hydrogens (tertiary/aromatic N) is 1. The molecule has 0 spiro atoms. The SMILES string of the molecule is CC1CN(NC=O)CCN1. The fourth-order valence-electron chi connectivity index (χ4n) is 1.12. The molecule has 1 atom stereocenters. The van der Waals surface area contributed by atoms with Crippen LogP contribution >= 0.6 is 0 Å². The first-order valence-corrected chi connectivity index (χ1v) is 3.51. The number of rotatable bonds is 2. The molecule has 1 fully saturated rings. The normalized spacial score (nSPS) is 27.9. The maximum absolute atomic E-state index is 10.0. The van der Waals surface area contributed by atoms with Gasteiger partial charge in [-0.3, -0.25) is 10.2 Å². The highest BCUT2D eigenvalue weighted by Gasteiger charge is 2.13. The average molecular weight is 143 g/mol. The molecule has 58 valence electrons. The van der Waals surface area contributed by atoms with E-state index in [2.05, 4.69) is 17.7 Å². The van der Waals surface area contributed by atoms with Crippen molar-refractivity contribution in [1.82, 2.24) is 15.8 Å². The van der Waals surface area contributed by atoms with Crippen LogP contribution in [0.25, 0.3) is 0 Å². The van der Waals surface area contributed by atoms with E-state index in [4.69, 9.17) is 0 Å². The summed E-state index contributed by atoms with van der Waals surface area (Å²) >= 11 is 0. The molecule has 0 aromatic rings. The lowest BCUT2D eigenvalue weighted by atomic mass is 10.3. The van der Waals surface area contributed by atoms with E-state index in [-0.39, 0.29) is 0 Å². The number of hydrogen-bond donors (Lipinski definition) is 2. The second-order valence-corrected chi connectivity index (χ2v) is 2.55. The van der Waals surface area contributed by atoms with Gasteiger partial charge in [0, 0.05) is 25.7 Å². The molecule has 2 N–H and O–H groups in total. The number of amides is 1. The second-order valence-electron chi connectivity index (χ2n) is 2.55. The van der Waals surface area contributed by atoms with Crippen molar-refractivity contribution >= 4 is 6.41 Å². The lowest BCUT2D eigenvalue weighted by Crippen LogP contribution is -2.53. The van der Waals surface area contributed by atoms with Crippen LogP contribution in [0.1, 0.15) is 6.92 Å². The third-order valence-electron chi connectivity index (χ3n) is 1.60. The van der Waals surface area contributed by atoms with Crippen LogP contribution in [0.3, 0.4) is 0 Å². The topological polar surface area (TPSA) is 44.4 Å². The van der Waals surface area contributed by atoms with Crippen molar-refractivity contribution in [2.24, 2.45) is 0 Å². The van der Waals surface area contributed by atoms with Crippen molar-refractivity contribution in [2.45, 2.75) is 13.0 Å². The Hall–Kier alpha value is -0.610. The Balaban J connectivity index is 2.24. The van der Waals surface area contributed by atoms with Crippen molar-refractivity contribution in [3.63, 3.8) is 0 Å². The third kappa shape index (κ3) is 1.97. The fraction of sp³-hybridized carbons (Fsp3) is 0.833. The number of nitrogens with one attached hydrogen (secondary N) is 2. The maximum atomic E-state index is 10.0. The van der Waals surface area contributed by atoms with Gasteiger partial charge < -0.3 is 5.32 Å². The summed E-state index contributed by atoms with van der Waals surface area (Å²) in [5, 5.41) is 5.18. The van der Waals surface area contributed by atoms with Gasteiger partial charge in [-0.1, -0.05) is 0 Å². The minimum absolute atomic E-state index is 0.473. The van der Waals surface area contributed by atoms with E-state index in [9.17, 15) is 4.79 Å². The lowest BCUT2D eigenvalue weighted by Gasteiger charge is -2.30. The molecular formula is C6H13N3O. The van der Waals surface area contributed by atoms with Crippen molar-refractivity contribution < 1.29 is 4.79 Å². The first-order chi connectivity index (χ1) is 4.83. The first-order valence-electron chi connectivity index (χ1n) is 3.51. The van der Waals surface area contributed by atoms with Gasteiger partial charge in [0.2, 0.25) is 6.41 Å². The van der Waals surface area contributed by atoms with Gasteiger partial charge in [-0.25, -0.2) is 5.01 Å². The third-order valence-corrected chi connectivity index (χ3v) is 1.60. The average Bonchev–Trinajstić information content (AvgIpc) is 1.88. The van der Waals surface area contributed by atoms with Crippen molar-refractivity contribution in [1.29, 1.82) is 0 Å². The van der Waals surface area contributed by atoms with Crippen molar-refractivity contribution in [3.05, 3.63) is 0 Å². The number of carbonyl (C=O) groups excluding carboxylic acids is 1. The maximum Gasteiger partial charge on any atom is 0.221 e. The largest absolute Gasteiger partial charge is 0.312 e. The molecule has 1 aliphatic heterocycles. The Bertz CT molecular complexity index is 118. The molecule has 4 heteroatoms. The predicted molar refractivity (Wildman–Crippen MR) is 38.2 cm³/mol. The van der Waals surface area contributed by atoms with E-state index in [1.807, 2.05) is 5.01 Å². The molecule has 10 heavy (non-hydrogen) atoms. The molecule has 1 saturated heterocycles. The second kappa shape index (κ2) is 3.53. The van der Waals surface area contributed by atoms with Crippen LogP contribution in [-0.2, 0) is 4.79 Å². The minimum atomic E-state index is 0.473. The summed E-state index contributed by atoms with van der Waals surface area (Å²) in [4.78, 5) is 10.0. The Morgan fingerprint density at radius 2 is 2.60 bits per heavy atom. The summed E-state index contributed by atoms with van der Waals surface area (Å²) < 4.78 is 0. The van der Waals surface area contributed by atoms with Crippen LogP contribution in [0.5, 0.6) is 0 Å². The van der Waals surface area contributed by atoms with E-state index in [0.29, 0.717) is 6.04 Å². The molecule has 1 unspecified atom stereocenters. The number of hydrazine groups is 1. The van der Waals surface area contributed by atoms with Crippen LogP contribution < -0.4 is 10.7 Å². The smallest absolute Gasteiger partial charge is 0.221 e. The summed E-state index contributed by atoms with van der Waals surface area (Å²) in [5.74, 6) is 0. The standard InChI is InChI=1S/C6H13N3O/c1-6-4-9(8-5-10)3-2-7-6/h5-7H,2-4H2,1H3,(H,8,10). The molecule has 0 aromatic heterocycles. The van der Waals surface area contributed by atoms with Gasteiger partial charge in [0.1, 0.15) is 0 Å². The molecule has 0 bridgehead atoms. The van der Waals surface area contributed by atoms with E-state index in [1.165, 1.54) is 0 Å². The molecule has 1 heterocycles. The molecule has 1 aliphatic rings. The Kier molecular flexibility index (Phi) is 2.65. The highest BCUT2D eigenvalue weighted by atomic mass is 16.1. The number of piperazine rings is 1. The molecule has 0 radical (unpaired) electrons. The van der Waals surface area contributed by atoms with Gasteiger partial charge in [-0.2, -0.15) is 0 Å². The van der Waals surface area contributed by atoms with Gasteiger partial charge in [-0.05, 0) is 6.92 Å². The van der Waals surface area contributed by atoms with E-state index < -0.39 is 0 Å². The van der Waals surface area contributed by atoms with E-state index in [0.717, 1.165) is 26.0 Å². The van der Waals surface area contributed by atoms with Crippen LogP contribution in [-0.4, -0.2) is 37.1 Å². The van der Waals surface area contributed by atoms with Gasteiger partial charge in [0.25, 0.3) is 0 Å². The lowest BCUT2D eigenvalue weighted by molar-refractivity contribution is -0.114. The zero-order chi connectivity index (χ0) is 7.40. The Labute approximate surface area is 60.5 Å². The van der Waals surface area contributed by atoms with Crippen LogP contribution in [0.4, 0.5) is 0 Å². The highest BCUT2D eigenvalue weighted by molar-refractivity contribution is 5.44. The fourth-order valence-corrected chi connectivity index (χ4v) is 1.12. The first kappa shape index (κ1) is 7.50. The summed E-state index contributed by atoms with van der Waals surface area (Å²) in [6, 6.07) is 0.473. The zero-order valence-corrected chi connectivity index (χ0v) is 6.13. The Morgan fingerprint density at radius 1 is 1.80 bits per heavy atom. The quantitative estimate of drug-likeness (QED) is 0.484. The number of carbonyl (C=O) groups is 1. The van der Waals surface area contributed by atoms with Crippen molar-refractivity contribution in [3.8, 4) is 0 Å². The summed E-state index contributed by atoms with van der Waals surface area (Å²) in [7, 11) is 0. The van der Waals surface area contributed by atoms with E-state index >= 15 is 0 Å². The van der Waals surface area contributed by atoms with Gasteiger partial charge in [0.05, 0.1) is 0 Å². The van der Waals surface area contributed by atoms with Gasteiger partial charge in [-0.15, -0.1) is 0 Å². The zero-order valence-electron chi connectivity index (χ0n) is 6.13. The highest BCUT2D eigenvalue weighted by Crippen LogP contribution is 1.92. The molecule has 1 amide bonds. The molecule has 4 nitrogen and oxygen atoms in total. The Morgan fingerprint density at radius 3 is 3.20 bits per heavy atom. The summed E-state index contributed by atoms with van der Waals surface area (Å²) in [6.45, 7) is 4.82. The van der Waals surface area contributed by atoms with Crippen LogP contribution in [0, 0.1) is 0 Å². The summed E-state index contributed by atoms with van der Waals surface area (Å²) in [6.07, 6.45) is 0.720. The monoisotopic (exact) mass is 143 g/mol. The molecule has 0 aromatic carbocycles. The van der Waals surface area contributed by atoms with Crippen LogP contribution in [0.15, 0.2) is 0 Å². The molecule has 1 rings (SSSR count). The predicted octanol–water partition coefficient (Wildman–Crippen LogP) is -1.06. The van der Waals surface area contributed by atoms with Crippen LogP contribution in [0.2, 0.25) is 0 Å². The molecule has 0 aliphatic carbocycles. The minimum Gasteiger partial charge on any atom is -0.312 e. The molecule has 0 saturated carbocycles. The van der Waals surface area contributed by atoms with E-state index in [1.54, 1.807) is 0 Å².